The maximum atomic E-state index is 11.8. The average molecular weight is 260 g/mol. The van der Waals surface area contributed by atoms with Gasteiger partial charge < -0.3 is 9.84 Å². The van der Waals surface area contributed by atoms with E-state index in [2.05, 4.69) is 4.85 Å². The number of carbonyl (C=O) groups excluding carboxylic acids is 1. The average Bonchev–Trinajstić information content (AvgIpc) is 2.75. The van der Waals surface area contributed by atoms with Gasteiger partial charge in [0.1, 0.15) is 12.6 Å². The SMILES string of the molecule is [C-]#[N+]c1ccc(N2C(=O)OC[C@@H]2[C@H](C)O)c(C)c1C. The number of anilines is 1. The summed E-state index contributed by atoms with van der Waals surface area (Å²) >= 11 is 0. The highest BCUT2D eigenvalue weighted by atomic mass is 16.6. The summed E-state index contributed by atoms with van der Waals surface area (Å²) in [6, 6.07) is 3.04. The number of carbonyl (C=O) groups is 1. The molecule has 0 saturated carbocycles. The molecule has 2 rings (SSSR count). The number of cyclic esters (lactones) is 1. The largest absolute Gasteiger partial charge is 0.447 e. The summed E-state index contributed by atoms with van der Waals surface area (Å²) in [5, 5.41) is 9.74. The number of aliphatic hydroxyl groups excluding tert-OH is 1. The summed E-state index contributed by atoms with van der Waals surface area (Å²) in [6.07, 6.45) is -1.13. The van der Waals surface area contributed by atoms with Crippen LogP contribution in [0.5, 0.6) is 0 Å². The molecule has 0 unspecified atom stereocenters. The number of nitrogens with zero attached hydrogens (tertiary/aromatic N) is 2. The molecule has 1 fully saturated rings. The first kappa shape index (κ1) is 13.4. The number of benzene rings is 1. The van der Waals surface area contributed by atoms with Crippen LogP contribution in [0.15, 0.2) is 12.1 Å². The van der Waals surface area contributed by atoms with Gasteiger partial charge in [0.15, 0.2) is 5.69 Å². The van der Waals surface area contributed by atoms with Crippen molar-refractivity contribution in [2.24, 2.45) is 0 Å². The lowest BCUT2D eigenvalue weighted by Crippen LogP contribution is -2.41. The monoisotopic (exact) mass is 260 g/mol. The van der Waals surface area contributed by atoms with Gasteiger partial charge in [-0.3, -0.25) is 4.90 Å². The number of hydrogen-bond acceptors (Lipinski definition) is 3. The summed E-state index contributed by atoms with van der Waals surface area (Å²) < 4.78 is 5.01. The van der Waals surface area contributed by atoms with Gasteiger partial charge >= 0.3 is 6.09 Å². The third-order valence-electron chi connectivity index (χ3n) is 3.57. The lowest BCUT2D eigenvalue weighted by atomic mass is 10.0. The topological polar surface area (TPSA) is 54.1 Å². The molecule has 0 radical (unpaired) electrons. The molecule has 1 heterocycles. The Morgan fingerprint density at radius 2 is 2.16 bits per heavy atom. The Balaban J connectivity index is 2.50. The van der Waals surface area contributed by atoms with Crippen LogP contribution in [0.2, 0.25) is 0 Å². The van der Waals surface area contributed by atoms with Crippen LogP contribution in [0, 0.1) is 20.4 Å². The Morgan fingerprint density at radius 3 is 2.74 bits per heavy atom. The third-order valence-corrected chi connectivity index (χ3v) is 3.57. The van der Waals surface area contributed by atoms with Crippen LogP contribution in [0.3, 0.4) is 0 Å². The maximum absolute atomic E-state index is 11.8. The van der Waals surface area contributed by atoms with Crippen molar-refractivity contribution in [3.8, 4) is 0 Å². The molecule has 1 N–H and O–H groups in total. The Morgan fingerprint density at radius 1 is 1.47 bits per heavy atom. The van der Waals surface area contributed by atoms with Crippen molar-refractivity contribution in [1.29, 1.82) is 0 Å². The normalized spacial score (nSPS) is 20.1. The van der Waals surface area contributed by atoms with E-state index in [0.717, 1.165) is 11.1 Å². The second-order valence-electron chi connectivity index (χ2n) is 4.72. The van der Waals surface area contributed by atoms with E-state index in [1.165, 1.54) is 4.90 Å². The van der Waals surface area contributed by atoms with Crippen LogP contribution < -0.4 is 4.90 Å². The third kappa shape index (κ3) is 2.15. The molecule has 100 valence electrons. The van der Waals surface area contributed by atoms with Gasteiger partial charge in [0.2, 0.25) is 0 Å². The van der Waals surface area contributed by atoms with Crippen LogP contribution in [0.25, 0.3) is 4.85 Å². The predicted octanol–water partition coefficient (Wildman–Crippen LogP) is 2.56. The van der Waals surface area contributed by atoms with E-state index in [9.17, 15) is 9.90 Å². The van der Waals surface area contributed by atoms with E-state index in [4.69, 9.17) is 11.3 Å². The van der Waals surface area contributed by atoms with Crippen molar-refractivity contribution in [3.63, 3.8) is 0 Å². The summed E-state index contributed by atoms with van der Waals surface area (Å²) in [5.41, 5.74) is 2.97. The van der Waals surface area contributed by atoms with Gasteiger partial charge in [-0.1, -0.05) is 6.07 Å². The molecule has 0 bridgehead atoms. The molecule has 2 atom stereocenters. The van der Waals surface area contributed by atoms with Crippen molar-refractivity contribution in [2.45, 2.75) is 32.9 Å². The molecule has 0 aliphatic carbocycles. The predicted molar refractivity (Wildman–Crippen MR) is 71.5 cm³/mol. The molecule has 0 aromatic heterocycles. The van der Waals surface area contributed by atoms with Crippen molar-refractivity contribution in [1.82, 2.24) is 0 Å². The molecule has 1 saturated heterocycles. The van der Waals surface area contributed by atoms with Gasteiger partial charge in [-0.05, 0) is 38.0 Å². The zero-order chi connectivity index (χ0) is 14.2. The zero-order valence-corrected chi connectivity index (χ0v) is 11.2. The first-order chi connectivity index (χ1) is 8.97. The van der Waals surface area contributed by atoms with E-state index >= 15 is 0 Å². The van der Waals surface area contributed by atoms with Crippen LogP contribution in [0.4, 0.5) is 16.2 Å². The van der Waals surface area contributed by atoms with Crippen LogP contribution >= 0.6 is 0 Å². The minimum atomic E-state index is -0.674. The van der Waals surface area contributed by atoms with Gasteiger partial charge in [0, 0.05) is 5.69 Å². The Hall–Kier alpha value is -2.06. The van der Waals surface area contributed by atoms with Crippen LogP contribution in [0.1, 0.15) is 18.1 Å². The molecule has 5 nitrogen and oxygen atoms in total. The van der Waals surface area contributed by atoms with E-state index in [1.807, 2.05) is 13.8 Å². The number of aliphatic hydroxyl groups is 1. The molecular formula is C14H16N2O3. The van der Waals surface area contributed by atoms with Gasteiger partial charge in [-0.2, -0.15) is 0 Å². The number of hydrogen-bond donors (Lipinski definition) is 1. The molecule has 1 aliphatic rings. The quantitative estimate of drug-likeness (QED) is 0.831. The highest BCUT2D eigenvalue weighted by Gasteiger charge is 2.38. The molecule has 1 aliphatic heterocycles. The second kappa shape index (κ2) is 4.90. The van der Waals surface area contributed by atoms with Crippen molar-refractivity contribution in [3.05, 3.63) is 34.7 Å². The van der Waals surface area contributed by atoms with E-state index in [-0.39, 0.29) is 12.6 Å². The van der Waals surface area contributed by atoms with Crippen molar-refractivity contribution in [2.75, 3.05) is 11.5 Å². The number of ether oxygens (including phenoxy) is 1. The van der Waals surface area contributed by atoms with Crippen LogP contribution in [-0.2, 0) is 4.74 Å². The fourth-order valence-electron chi connectivity index (χ4n) is 2.24. The minimum Gasteiger partial charge on any atom is -0.447 e. The van der Waals surface area contributed by atoms with Gasteiger partial charge in [0.05, 0.1) is 12.7 Å². The zero-order valence-electron chi connectivity index (χ0n) is 11.2. The number of rotatable bonds is 2. The Labute approximate surface area is 112 Å². The van der Waals surface area contributed by atoms with Crippen LogP contribution in [-0.4, -0.2) is 30.0 Å². The molecule has 0 spiro atoms. The summed E-state index contributed by atoms with van der Waals surface area (Å²) in [6.45, 7) is 12.6. The van der Waals surface area contributed by atoms with E-state index in [1.54, 1.807) is 19.1 Å². The molecule has 1 aromatic rings. The summed E-state index contributed by atoms with van der Waals surface area (Å²) in [7, 11) is 0. The highest BCUT2D eigenvalue weighted by Crippen LogP contribution is 2.33. The highest BCUT2D eigenvalue weighted by molar-refractivity contribution is 5.92. The first-order valence-electron chi connectivity index (χ1n) is 6.09. The second-order valence-corrected chi connectivity index (χ2v) is 4.72. The summed E-state index contributed by atoms with van der Waals surface area (Å²) in [4.78, 5) is 16.8. The fraction of sp³-hybridized carbons (Fsp3) is 0.429. The molecule has 1 aromatic carbocycles. The molecule has 19 heavy (non-hydrogen) atoms. The van der Waals surface area contributed by atoms with Gasteiger partial charge in [0.25, 0.3) is 0 Å². The maximum Gasteiger partial charge on any atom is 0.414 e. The van der Waals surface area contributed by atoms with Crippen molar-refractivity contribution >= 4 is 17.5 Å². The Kier molecular flexibility index (Phi) is 3.45. The van der Waals surface area contributed by atoms with Gasteiger partial charge in [-0.15, -0.1) is 0 Å². The summed E-state index contributed by atoms with van der Waals surface area (Å²) in [5.74, 6) is 0. The molecule has 5 heteroatoms. The van der Waals surface area contributed by atoms with Crippen molar-refractivity contribution < 1.29 is 14.6 Å². The van der Waals surface area contributed by atoms with E-state index < -0.39 is 12.2 Å². The molecular weight excluding hydrogens is 244 g/mol. The van der Waals surface area contributed by atoms with Gasteiger partial charge in [-0.25, -0.2) is 9.64 Å². The lowest BCUT2D eigenvalue weighted by molar-refractivity contribution is 0.142. The lowest BCUT2D eigenvalue weighted by Gasteiger charge is -2.26. The number of amides is 1. The smallest absolute Gasteiger partial charge is 0.414 e. The Bertz CT molecular complexity index is 561. The minimum absolute atomic E-state index is 0.180. The van der Waals surface area contributed by atoms with E-state index in [0.29, 0.717) is 11.4 Å². The fourth-order valence-corrected chi connectivity index (χ4v) is 2.24. The molecule has 1 amide bonds. The first-order valence-corrected chi connectivity index (χ1v) is 6.09. The standard InChI is InChI=1S/C14H16N2O3/c1-8-9(2)12(6-5-11(8)15-4)16-13(10(3)17)7-19-14(16)18/h5-6,10,13,17H,7H2,1-3H3/t10-,13+/m0/s1.